The lowest BCUT2D eigenvalue weighted by molar-refractivity contribution is -0.165. The first kappa shape index (κ1) is 26.6. The minimum atomic E-state index is -0.964. The molecular formula is C26H27Cl2N5O4. The Morgan fingerprint density at radius 2 is 1.73 bits per heavy atom. The third-order valence-corrected chi connectivity index (χ3v) is 6.17. The van der Waals surface area contributed by atoms with Crippen LogP contribution in [0.4, 0.5) is 5.69 Å². The highest BCUT2D eigenvalue weighted by Gasteiger charge is 2.40. The molecule has 0 bridgehead atoms. The fraction of sp³-hybridized carbons (Fsp3) is 0.346. The summed E-state index contributed by atoms with van der Waals surface area (Å²) in [5.41, 5.74) is 2.01. The van der Waals surface area contributed by atoms with Gasteiger partial charge in [-0.25, -0.2) is 9.48 Å². The van der Waals surface area contributed by atoms with Gasteiger partial charge in [-0.05, 0) is 51.5 Å². The molecule has 0 spiro atoms. The van der Waals surface area contributed by atoms with E-state index >= 15 is 0 Å². The first-order chi connectivity index (χ1) is 17.4. The molecule has 0 radical (unpaired) electrons. The van der Waals surface area contributed by atoms with Crippen molar-refractivity contribution in [3.8, 4) is 5.69 Å². The van der Waals surface area contributed by atoms with Crippen LogP contribution in [0.15, 0.2) is 48.7 Å². The Morgan fingerprint density at radius 3 is 2.35 bits per heavy atom. The van der Waals surface area contributed by atoms with Crippen LogP contribution in [0.3, 0.4) is 0 Å². The first-order valence-corrected chi connectivity index (χ1v) is 12.4. The minimum absolute atomic E-state index is 0.171. The maximum Gasteiger partial charge on any atom is 0.329 e. The third kappa shape index (κ3) is 6.29. The molecule has 11 heteroatoms. The number of esters is 1. The van der Waals surface area contributed by atoms with Crippen molar-refractivity contribution >= 4 is 46.7 Å². The van der Waals surface area contributed by atoms with Gasteiger partial charge in [-0.3, -0.25) is 14.5 Å². The van der Waals surface area contributed by atoms with Crippen molar-refractivity contribution in [2.24, 2.45) is 0 Å². The fourth-order valence-electron chi connectivity index (χ4n) is 4.04. The lowest BCUT2D eigenvalue weighted by Crippen LogP contribution is -2.60. The van der Waals surface area contributed by atoms with Crippen LogP contribution in [0.1, 0.15) is 31.9 Å². The molecule has 1 aromatic heterocycles. The molecule has 1 saturated heterocycles. The van der Waals surface area contributed by atoms with Crippen LogP contribution < -0.4 is 4.90 Å². The van der Waals surface area contributed by atoms with Gasteiger partial charge >= 0.3 is 5.97 Å². The van der Waals surface area contributed by atoms with Gasteiger partial charge in [0.25, 0.3) is 0 Å². The zero-order valence-corrected chi connectivity index (χ0v) is 22.5. The number of aromatic nitrogens is 3. The second kappa shape index (κ2) is 10.5. The van der Waals surface area contributed by atoms with Gasteiger partial charge in [-0.1, -0.05) is 58.2 Å². The Kier molecular flexibility index (Phi) is 7.57. The first-order valence-electron chi connectivity index (χ1n) is 11.7. The topological polar surface area (TPSA) is 97.6 Å². The quantitative estimate of drug-likeness (QED) is 0.435. The summed E-state index contributed by atoms with van der Waals surface area (Å²) in [4.78, 5) is 42.7. The van der Waals surface area contributed by atoms with E-state index in [4.69, 9.17) is 27.9 Å². The zero-order chi connectivity index (χ0) is 26.9. The van der Waals surface area contributed by atoms with Gasteiger partial charge in [-0.2, -0.15) is 0 Å². The van der Waals surface area contributed by atoms with Crippen molar-refractivity contribution in [3.63, 3.8) is 0 Å². The van der Waals surface area contributed by atoms with Crippen molar-refractivity contribution < 1.29 is 19.1 Å². The number of rotatable bonds is 6. The molecular weight excluding hydrogens is 517 g/mol. The van der Waals surface area contributed by atoms with Crippen LogP contribution in [0.5, 0.6) is 0 Å². The third-order valence-electron chi connectivity index (χ3n) is 5.77. The summed E-state index contributed by atoms with van der Waals surface area (Å²) >= 11 is 12.2. The second-order valence-electron chi connectivity index (χ2n) is 9.86. The Bertz CT molecular complexity index is 1330. The number of piperazine rings is 1. The number of carbonyl (C=O) groups is 3. The van der Waals surface area contributed by atoms with E-state index in [0.717, 1.165) is 11.1 Å². The van der Waals surface area contributed by atoms with Gasteiger partial charge in [0.1, 0.15) is 24.7 Å². The highest BCUT2D eigenvalue weighted by Crippen LogP contribution is 2.30. The summed E-state index contributed by atoms with van der Waals surface area (Å²) in [7, 11) is 0. The SMILES string of the molecule is Cc1ccc(CC(C(=O)OC(C)(C)C)N2CC(=O)N(c3cc(Cl)ccc3-n3cc(Cl)nn3)CC2=O)cc1. The second-order valence-corrected chi connectivity index (χ2v) is 10.7. The number of hydrogen-bond donors (Lipinski definition) is 0. The highest BCUT2D eigenvalue weighted by molar-refractivity contribution is 6.31. The van der Waals surface area contributed by atoms with Crippen molar-refractivity contribution in [2.45, 2.75) is 45.8 Å². The van der Waals surface area contributed by atoms with Crippen LogP contribution in [0.2, 0.25) is 10.2 Å². The van der Waals surface area contributed by atoms with Gasteiger partial charge in [0, 0.05) is 11.4 Å². The zero-order valence-electron chi connectivity index (χ0n) is 20.9. The van der Waals surface area contributed by atoms with E-state index in [0.29, 0.717) is 16.4 Å². The summed E-state index contributed by atoms with van der Waals surface area (Å²) in [5.74, 6) is -1.35. The molecule has 1 aliphatic rings. The van der Waals surface area contributed by atoms with Gasteiger partial charge in [0.05, 0.1) is 17.6 Å². The van der Waals surface area contributed by atoms with E-state index in [1.165, 1.54) is 20.7 Å². The van der Waals surface area contributed by atoms with Crippen LogP contribution in [0.25, 0.3) is 5.69 Å². The average molecular weight is 544 g/mol. The molecule has 194 valence electrons. The lowest BCUT2D eigenvalue weighted by atomic mass is 10.0. The van der Waals surface area contributed by atoms with Gasteiger partial charge in [-0.15, -0.1) is 5.10 Å². The Labute approximate surface area is 224 Å². The molecule has 0 N–H and O–H groups in total. The number of carbonyl (C=O) groups excluding carboxylic acids is 3. The van der Waals surface area contributed by atoms with Crippen LogP contribution in [-0.2, 0) is 25.5 Å². The Balaban J connectivity index is 1.64. The molecule has 37 heavy (non-hydrogen) atoms. The molecule has 1 unspecified atom stereocenters. The smallest absolute Gasteiger partial charge is 0.329 e. The van der Waals surface area contributed by atoms with Crippen LogP contribution >= 0.6 is 23.2 Å². The van der Waals surface area contributed by atoms with Crippen LogP contribution in [-0.4, -0.2) is 62.4 Å². The maximum atomic E-state index is 13.5. The van der Waals surface area contributed by atoms with E-state index < -0.39 is 23.5 Å². The number of amides is 2. The van der Waals surface area contributed by atoms with Crippen molar-refractivity contribution in [1.82, 2.24) is 19.9 Å². The summed E-state index contributed by atoms with van der Waals surface area (Å²) in [5, 5.41) is 8.29. The van der Waals surface area contributed by atoms with Crippen molar-refractivity contribution in [2.75, 3.05) is 18.0 Å². The summed E-state index contributed by atoms with van der Waals surface area (Å²) in [6.45, 7) is 6.65. The molecule has 2 heterocycles. The van der Waals surface area contributed by atoms with E-state index in [-0.39, 0.29) is 30.6 Å². The molecule has 3 aromatic rings. The minimum Gasteiger partial charge on any atom is -0.458 e. The number of halogens is 2. The summed E-state index contributed by atoms with van der Waals surface area (Å²) < 4.78 is 7.03. The molecule has 9 nitrogen and oxygen atoms in total. The standard InChI is InChI=1S/C26H27Cl2N5O4/c1-16-5-7-17(8-6-16)11-21(25(36)37-26(2,3)4)32-15-23(34)31(14-24(32)35)20-12-18(27)9-10-19(20)33-13-22(28)29-30-33/h5-10,12-13,21H,11,14-15H2,1-4H3. The Hall–Kier alpha value is -3.43. The number of nitrogens with zero attached hydrogens (tertiary/aromatic N) is 5. The van der Waals surface area contributed by atoms with Gasteiger partial charge < -0.3 is 9.64 Å². The van der Waals surface area contributed by atoms with Crippen molar-refractivity contribution in [1.29, 1.82) is 0 Å². The number of aryl methyl sites for hydroxylation is 1. The predicted octanol–water partition coefficient (Wildman–Crippen LogP) is 4.01. The maximum absolute atomic E-state index is 13.5. The summed E-state index contributed by atoms with van der Waals surface area (Å²) in [6, 6.07) is 11.6. The number of hydrogen-bond acceptors (Lipinski definition) is 6. The summed E-state index contributed by atoms with van der Waals surface area (Å²) in [6.07, 6.45) is 1.70. The molecule has 4 rings (SSSR count). The molecule has 2 aromatic carbocycles. The average Bonchev–Trinajstić information content (AvgIpc) is 3.25. The normalized spacial score (nSPS) is 15.2. The lowest BCUT2D eigenvalue weighted by Gasteiger charge is -2.38. The van der Waals surface area contributed by atoms with Gasteiger partial charge in [0.2, 0.25) is 11.8 Å². The molecule has 0 saturated carbocycles. The van der Waals surface area contributed by atoms with E-state index in [1.807, 2.05) is 31.2 Å². The van der Waals surface area contributed by atoms with E-state index in [1.54, 1.807) is 39.0 Å². The van der Waals surface area contributed by atoms with Crippen molar-refractivity contribution in [3.05, 3.63) is 70.0 Å². The largest absolute Gasteiger partial charge is 0.458 e. The van der Waals surface area contributed by atoms with Gasteiger partial charge in [0.15, 0.2) is 5.15 Å². The van der Waals surface area contributed by atoms with E-state index in [2.05, 4.69) is 10.3 Å². The number of anilines is 1. The molecule has 2 amide bonds. The number of benzene rings is 2. The number of ether oxygens (including phenoxy) is 1. The fourth-order valence-corrected chi connectivity index (χ4v) is 4.34. The molecule has 1 fully saturated rings. The molecule has 0 aliphatic carbocycles. The highest BCUT2D eigenvalue weighted by atomic mass is 35.5. The predicted molar refractivity (Wildman–Crippen MR) is 140 cm³/mol. The molecule has 1 atom stereocenters. The monoisotopic (exact) mass is 543 g/mol. The Morgan fingerprint density at radius 1 is 1.03 bits per heavy atom. The molecule has 1 aliphatic heterocycles. The van der Waals surface area contributed by atoms with E-state index in [9.17, 15) is 14.4 Å². The van der Waals surface area contributed by atoms with Crippen LogP contribution in [0, 0.1) is 6.92 Å².